The van der Waals surface area contributed by atoms with E-state index in [1.54, 1.807) is 35.5 Å². The highest BCUT2D eigenvalue weighted by Crippen LogP contribution is 2.50. The van der Waals surface area contributed by atoms with Crippen LogP contribution in [0.3, 0.4) is 0 Å². The second-order valence-electron chi connectivity index (χ2n) is 6.63. The Labute approximate surface area is 171 Å². The number of rotatable bonds is 10. The first-order chi connectivity index (χ1) is 14.1. The Bertz CT molecular complexity index is 804. The normalized spacial score (nSPS) is 14.4. The zero-order valence-electron chi connectivity index (χ0n) is 17.5. The van der Waals surface area contributed by atoms with Crippen molar-refractivity contribution in [3.05, 3.63) is 41.5 Å². The SMILES string of the molecule is COc1ccc([C@@H](C[C@@H](Cc2cc(OC)c3c(c2OC)OCO3)OC)OC)cc1. The molecule has 0 saturated heterocycles. The highest BCUT2D eigenvalue weighted by molar-refractivity contribution is 5.64. The van der Waals surface area contributed by atoms with E-state index in [0.29, 0.717) is 35.8 Å². The summed E-state index contributed by atoms with van der Waals surface area (Å²) in [6.07, 6.45) is 1.04. The van der Waals surface area contributed by atoms with Crippen LogP contribution in [0.2, 0.25) is 0 Å². The maximum atomic E-state index is 5.77. The van der Waals surface area contributed by atoms with Crippen molar-refractivity contribution in [1.29, 1.82) is 0 Å². The third kappa shape index (κ3) is 4.52. The van der Waals surface area contributed by atoms with Crippen LogP contribution < -0.4 is 23.7 Å². The Kier molecular flexibility index (Phi) is 7.06. The van der Waals surface area contributed by atoms with Crippen LogP contribution in [0, 0.1) is 0 Å². The van der Waals surface area contributed by atoms with E-state index in [9.17, 15) is 0 Å². The summed E-state index contributed by atoms with van der Waals surface area (Å²) >= 11 is 0. The van der Waals surface area contributed by atoms with Crippen LogP contribution in [0.4, 0.5) is 0 Å². The molecule has 0 amide bonds. The topological polar surface area (TPSA) is 64.6 Å². The minimum absolute atomic E-state index is 0.110. The molecular weight excluding hydrogens is 376 g/mol. The minimum atomic E-state index is -0.118. The molecule has 3 rings (SSSR count). The lowest BCUT2D eigenvalue weighted by Crippen LogP contribution is -2.19. The van der Waals surface area contributed by atoms with E-state index in [2.05, 4.69) is 0 Å². The first-order valence-corrected chi connectivity index (χ1v) is 9.38. The molecule has 0 saturated carbocycles. The molecule has 2 aromatic carbocycles. The Morgan fingerprint density at radius 3 is 2.17 bits per heavy atom. The van der Waals surface area contributed by atoms with Crippen molar-refractivity contribution in [3.8, 4) is 28.7 Å². The van der Waals surface area contributed by atoms with Gasteiger partial charge in [-0.3, -0.25) is 0 Å². The number of ether oxygens (including phenoxy) is 7. The average molecular weight is 404 g/mol. The molecule has 2 aromatic rings. The van der Waals surface area contributed by atoms with E-state index in [1.807, 2.05) is 30.3 Å². The lowest BCUT2D eigenvalue weighted by Gasteiger charge is -2.23. The zero-order valence-corrected chi connectivity index (χ0v) is 17.5. The summed E-state index contributed by atoms with van der Waals surface area (Å²) in [7, 11) is 8.26. The van der Waals surface area contributed by atoms with Crippen molar-refractivity contribution >= 4 is 0 Å². The number of hydrogen-bond donors (Lipinski definition) is 0. The standard InChI is InChI=1S/C22H28O7/c1-23-16-8-6-14(7-9-16)18(25-3)12-17(24-2)10-15-11-19(26-4)21-22(20(15)27-5)29-13-28-21/h6-9,11,17-18H,10,12-13H2,1-5H3/t17-,18-/m1/s1. The van der Waals surface area contributed by atoms with Crippen LogP contribution in [-0.4, -0.2) is 48.4 Å². The second kappa shape index (κ2) is 9.71. The van der Waals surface area contributed by atoms with E-state index < -0.39 is 0 Å². The number of fused-ring (bicyclic) bond motifs is 1. The van der Waals surface area contributed by atoms with Crippen LogP contribution in [0.15, 0.2) is 30.3 Å². The van der Waals surface area contributed by atoms with E-state index in [-0.39, 0.29) is 19.0 Å². The monoisotopic (exact) mass is 404 g/mol. The fraction of sp³-hybridized carbons (Fsp3) is 0.455. The van der Waals surface area contributed by atoms with Crippen molar-refractivity contribution < 1.29 is 33.2 Å². The molecule has 29 heavy (non-hydrogen) atoms. The first-order valence-electron chi connectivity index (χ1n) is 9.38. The number of methoxy groups -OCH3 is 5. The van der Waals surface area contributed by atoms with Gasteiger partial charge in [0.1, 0.15) is 5.75 Å². The Hall–Kier alpha value is -2.64. The molecule has 7 nitrogen and oxygen atoms in total. The first kappa shape index (κ1) is 21.1. The third-order valence-electron chi connectivity index (χ3n) is 5.09. The predicted octanol–water partition coefficient (Wildman–Crippen LogP) is 3.78. The van der Waals surface area contributed by atoms with Crippen LogP contribution in [-0.2, 0) is 15.9 Å². The van der Waals surface area contributed by atoms with Gasteiger partial charge in [0.15, 0.2) is 11.5 Å². The molecule has 0 N–H and O–H groups in total. The summed E-state index contributed by atoms with van der Waals surface area (Å²) in [4.78, 5) is 0. The van der Waals surface area contributed by atoms with E-state index in [0.717, 1.165) is 16.9 Å². The molecule has 1 aliphatic rings. The van der Waals surface area contributed by atoms with Gasteiger partial charge < -0.3 is 33.2 Å². The van der Waals surface area contributed by atoms with Gasteiger partial charge in [0.25, 0.3) is 0 Å². The highest BCUT2D eigenvalue weighted by Gasteiger charge is 2.29. The van der Waals surface area contributed by atoms with Crippen molar-refractivity contribution in [2.45, 2.75) is 25.0 Å². The van der Waals surface area contributed by atoms with Crippen LogP contribution >= 0.6 is 0 Å². The van der Waals surface area contributed by atoms with Crippen LogP contribution in [0.5, 0.6) is 28.7 Å². The number of hydrogen-bond acceptors (Lipinski definition) is 7. The van der Waals surface area contributed by atoms with Gasteiger partial charge in [-0.15, -0.1) is 0 Å². The fourth-order valence-corrected chi connectivity index (χ4v) is 3.53. The Morgan fingerprint density at radius 2 is 1.59 bits per heavy atom. The minimum Gasteiger partial charge on any atom is -0.497 e. The van der Waals surface area contributed by atoms with Gasteiger partial charge in [-0.25, -0.2) is 0 Å². The molecule has 0 fully saturated rings. The van der Waals surface area contributed by atoms with Crippen LogP contribution in [0.25, 0.3) is 0 Å². The maximum Gasteiger partial charge on any atom is 0.231 e. The van der Waals surface area contributed by atoms with E-state index >= 15 is 0 Å². The summed E-state index contributed by atoms with van der Waals surface area (Å²) in [6, 6.07) is 9.77. The van der Waals surface area contributed by atoms with Crippen LogP contribution in [0.1, 0.15) is 23.7 Å². The molecule has 0 aromatic heterocycles. The lowest BCUT2D eigenvalue weighted by atomic mass is 9.97. The largest absolute Gasteiger partial charge is 0.497 e. The molecule has 0 aliphatic carbocycles. The average Bonchev–Trinajstić information content (AvgIpc) is 3.25. The Balaban J connectivity index is 1.81. The predicted molar refractivity (Wildman–Crippen MR) is 108 cm³/mol. The molecule has 0 spiro atoms. The quantitative estimate of drug-likeness (QED) is 0.597. The zero-order chi connectivity index (χ0) is 20.8. The molecule has 1 aliphatic heterocycles. The van der Waals surface area contributed by atoms with Crippen molar-refractivity contribution in [1.82, 2.24) is 0 Å². The van der Waals surface area contributed by atoms with Gasteiger partial charge in [-0.1, -0.05) is 12.1 Å². The van der Waals surface area contributed by atoms with E-state index in [1.165, 1.54) is 0 Å². The molecule has 0 bridgehead atoms. The third-order valence-corrected chi connectivity index (χ3v) is 5.09. The smallest absolute Gasteiger partial charge is 0.231 e. The van der Waals surface area contributed by atoms with Crippen molar-refractivity contribution in [3.63, 3.8) is 0 Å². The highest BCUT2D eigenvalue weighted by atomic mass is 16.7. The Morgan fingerprint density at radius 1 is 0.862 bits per heavy atom. The molecule has 2 atom stereocenters. The van der Waals surface area contributed by atoms with Crippen molar-refractivity contribution in [2.24, 2.45) is 0 Å². The second-order valence-corrected chi connectivity index (χ2v) is 6.63. The van der Waals surface area contributed by atoms with E-state index in [4.69, 9.17) is 33.2 Å². The fourth-order valence-electron chi connectivity index (χ4n) is 3.53. The van der Waals surface area contributed by atoms with Gasteiger partial charge in [0.05, 0.1) is 33.5 Å². The van der Waals surface area contributed by atoms with Gasteiger partial charge in [-0.2, -0.15) is 0 Å². The van der Waals surface area contributed by atoms with Gasteiger partial charge >= 0.3 is 0 Å². The summed E-state index contributed by atoms with van der Waals surface area (Å²) in [5.74, 6) is 3.19. The van der Waals surface area contributed by atoms with Gasteiger partial charge in [-0.05, 0) is 23.8 Å². The lowest BCUT2D eigenvalue weighted by molar-refractivity contribution is 0.0217. The molecule has 7 heteroatoms. The molecule has 0 unspecified atom stereocenters. The molecule has 0 radical (unpaired) electrons. The number of benzene rings is 2. The molecule has 158 valence electrons. The van der Waals surface area contributed by atoms with Gasteiger partial charge in [0.2, 0.25) is 18.3 Å². The summed E-state index contributed by atoms with van der Waals surface area (Å²) in [5.41, 5.74) is 1.98. The molecule has 1 heterocycles. The summed E-state index contributed by atoms with van der Waals surface area (Å²) in [6.45, 7) is 0.141. The van der Waals surface area contributed by atoms with Gasteiger partial charge in [0, 0.05) is 32.6 Å². The van der Waals surface area contributed by atoms with Crippen molar-refractivity contribution in [2.75, 3.05) is 42.3 Å². The maximum absolute atomic E-state index is 5.77. The summed E-state index contributed by atoms with van der Waals surface area (Å²) in [5, 5.41) is 0. The molecular formula is C22H28O7. The summed E-state index contributed by atoms with van der Waals surface area (Å²) < 4.78 is 38.9.